The quantitative estimate of drug-likeness (QED) is 0.361. The number of rotatable bonds is 8. The van der Waals surface area contributed by atoms with E-state index in [9.17, 15) is 0 Å². The van der Waals surface area contributed by atoms with E-state index in [-0.39, 0.29) is 0 Å². The van der Waals surface area contributed by atoms with Crippen LogP contribution in [0.25, 0.3) is 0 Å². The summed E-state index contributed by atoms with van der Waals surface area (Å²) in [6, 6.07) is 0. The summed E-state index contributed by atoms with van der Waals surface area (Å²) in [5.74, 6) is 0. The molecule has 0 aromatic carbocycles. The zero-order valence-corrected chi connectivity index (χ0v) is 11.7. The Kier molecular flexibility index (Phi) is 7.95. The largest absolute Gasteiger partial charge is 0.383 e. The van der Waals surface area contributed by atoms with Gasteiger partial charge in [-0.3, -0.25) is 0 Å². The van der Waals surface area contributed by atoms with Crippen LogP contribution < -0.4 is 0 Å². The van der Waals surface area contributed by atoms with Crippen LogP contribution in [0, 0.1) is 0 Å². The molecule has 0 saturated heterocycles. The number of nitrogens with zero attached hydrogens (tertiary/aromatic N) is 2. The molecule has 0 fully saturated rings. The van der Waals surface area contributed by atoms with E-state index in [2.05, 4.69) is 63.4 Å². The normalized spacial score (nSPS) is 12.2. The van der Waals surface area contributed by atoms with E-state index < -0.39 is 0 Å². The number of allylic oxidation sites excluding steroid dienone is 4. The molecule has 0 spiro atoms. The average Bonchev–Trinajstić information content (AvgIpc) is 2.24. The van der Waals surface area contributed by atoms with Crippen molar-refractivity contribution < 1.29 is 0 Å². The fraction of sp³-hybridized carbons (Fsp3) is 0.467. The van der Waals surface area contributed by atoms with E-state index >= 15 is 0 Å². The summed E-state index contributed by atoms with van der Waals surface area (Å²) in [7, 11) is 8.22. The summed E-state index contributed by atoms with van der Waals surface area (Å²) >= 11 is 0. The number of likely N-dealkylation sites (N-methyl/N-ethyl adjacent to an activating group) is 1. The Labute approximate surface area is 107 Å². The van der Waals surface area contributed by atoms with Gasteiger partial charge in [0.1, 0.15) is 0 Å². The highest BCUT2D eigenvalue weighted by Crippen LogP contribution is 2.19. The Balaban J connectivity index is 4.93. The first-order valence-corrected chi connectivity index (χ1v) is 6.01. The molecule has 96 valence electrons. The first-order chi connectivity index (χ1) is 8.02. The molecule has 0 saturated carbocycles. The van der Waals surface area contributed by atoms with Gasteiger partial charge < -0.3 is 9.80 Å². The van der Waals surface area contributed by atoms with Crippen LogP contribution in [0.2, 0.25) is 0 Å². The third-order valence-corrected chi connectivity index (χ3v) is 2.35. The summed E-state index contributed by atoms with van der Waals surface area (Å²) in [5, 5.41) is 0. The monoisotopic (exact) mass is 234 g/mol. The molecule has 0 aliphatic rings. The van der Waals surface area contributed by atoms with Crippen LogP contribution in [-0.2, 0) is 0 Å². The lowest BCUT2D eigenvalue weighted by atomic mass is 10.0. The van der Waals surface area contributed by atoms with Gasteiger partial charge in [0.05, 0.1) is 0 Å². The summed E-state index contributed by atoms with van der Waals surface area (Å²) in [6.45, 7) is 7.54. The van der Waals surface area contributed by atoms with Crippen LogP contribution in [0.15, 0.2) is 48.9 Å². The highest BCUT2D eigenvalue weighted by molar-refractivity contribution is 5.31. The van der Waals surface area contributed by atoms with Gasteiger partial charge in [-0.2, -0.15) is 0 Å². The first-order valence-electron chi connectivity index (χ1n) is 6.01. The zero-order chi connectivity index (χ0) is 13.3. The van der Waals surface area contributed by atoms with E-state index in [1.165, 1.54) is 11.3 Å². The van der Waals surface area contributed by atoms with Gasteiger partial charge in [0.25, 0.3) is 0 Å². The van der Waals surface area contributed by atoms with Crippen LogP contribution in [0.4, 0.5) is 0 Å². The molecule has 0 aliphatic heterocycles. The van der Waals surface area contributed by atoms with Crippen molar-refractivity contribution in [2.24, 2.45) is 0 Å². The number of hydrogen-bond donors (Lipinski definition) is 0. The molecule has 0 rings (SSSR count). The Bertz CT molecular complexity index is 296. The Hall–Kier alpha value is -1.44. The molecule has 2 nitrogen and oxygen atoms in total. The van der Waals surface area contributed by atoms with Crippen molar-refractivity contribution in [3.63, 3.8) is 0 Å². The van der Waals surface area contributed by atoms with E-state index in [0.717, 1.165) is 19.3 Å². The standard InChI is InChI=1S/C15H26N2/c1-7-9-10-12-14(13-16(3)4)15(11-8-2)17(5)6/h7-8,11,13H,1-2,9-10,12H2,3-6H3/b14-13-,15-11+. The highest BCUT2D eigenvalue weighted by Gasteiger charge is 2.07. The summed E-state index contributed by atoms with van der Waals surface area (Å²) in [5.41, 5.74) is 2.56. The maximum absolute atomic E-state index is 3.78. The van der Waals surface area contributed by atoms with Gasteiger partial charge in [0.2, 0.25) is 0 Å². The Morgan fingerprint density at radius 1 is 1.12 bits per heavy atom. The van der Waals surface area contributed by atoms with Gasteiger partial charge in [-0.15, -0.1) is 6.58 Å². The fourth-order valence-electron chi connectivity index (χ4n) is 1.66. The number of hydrogen-bond acceptors (Lipinski definition) is 2. The van der Waals surface area contributed by atoms with Crippen LogP contribution >= 0.6 is 0 Å². The molecule has 0 aliphatic carbocycles. The fourth-order valence-corrected chi connectivity index (χ4v) is 1.66. The van der Waals surface area contributed by atoms with E-state index in [1.807, 2.05) is 12.2 Å². The molecule has 0 aromatic heterocycles. The van der Waals surface area contributed by atoms with Gasteiger partial charge in [-0.25, -0.2) is 0 Å². The van der Waals surface area contributed by atoms with Crippen LogP contribution in [-0.4, -0.2) is 38.0 Å². The third kappa shape index (κ3) is 6.67. The second kappa shape index (κ2) is 8.68. The summed E-state index contributed by atoms with van der Waals surface area (Å²) in [6.07, 6.45) is 11.3. The van der Waals surface area contributed by atoms with Crippen molar-refractivity contribution >= 4 is 0 Å². The van der Waals surface area contributed by atoms with Gasteiger partial charge in [-0.05, 0) is 30.9 Å². The van der Waals surface area contributed by atoms with Crippen LogP contribution in [0.3, 0.4) is 0 Å². The molecule has 0 aromatic rings. The predicted molar refractivity (Wildman–Crippen MR) is 77.8 cm³/mol. The molecular weight excluding hydrogens is 208 g/mol. The molecule has 0 atom stereocenters. The van der Waals surface area contributed by atoms with E-state index in [0.29, 0.717) is 0 Å². The maximum Gasteiger partial charge on any atom is 0.0407 e. The smallest absolute Gasteiger partial charge is 0.0407 e. The lowest BCUT2D eigenvalue weighted by molar-refractivity contribution is 0.500. The summed E-state index contributed by atoms with van der Waals surface area (Å²) < 4.78 is 0. The maximum atomic E-state index is 3.78. The average molecular weight is 234 g/mol. The molecular formula is C15H26N2. The van der Waals surface area contributed by atoms with Gasteiger partial charge in [-0.1, -0.05) is 18.7 Å². The van der Waals surface area contributed by atoms with E-state index in [4.69, 9.17) is 0 Å². The second-order valence-electron chi connectivity index (χ2n) is 4.48. The molecule has 2 heteroatoms. The van der Waals surface area contributed by atoms with Crippen LogP contribution in [0.1, 0.15) is 19.3 Å². The molecule has 0 radical (unpaired) electrons. The molecule has 17 heavy (non-hydrogen) atoms. The minimum atomic E-state index is 1.06. The second-order valence-corrected chi connectivity index (χ2v) is 4.48. The van der Waals surface area contributed by atoms with Crippen molar-refractivity contribution in [3.05, 3.63) is 48.9 Å². The predicted octanol–water partition coefficient (Wildman–Crippen LogP) is 3.42. The molecule has 0 heterocycles. The van der Waals surface area contributed by atoms with Crippen molar-refractivity contribution in [1.82, 2.24) is 9.80 Å². The minimum absolute atomic E-state index is 1.06. The van der Waals surface area contributed by atoms with Crippen LogP contribution in [0.5, 0.6) is 0 Å². The Morgan fingerprint density at radius 3 is 2.18 bits per heavy atom. The van der Waals surface area contributed by atoms with E-state index in [1.54, 1.807) is 0 Å². The minimum Gasteiger partial charge on any atom is -0.383 e. The topological polar surface area (TPSA) is 6.48 Å². The Morgan fingerprint density at radius 2 is 1.76 bits per heavy atom. The molecule has 0 bridgehead atoms. The molecule has 0 amide bonds. The molecule has 0 N–H and O–H groups in total. The van der Waals surface area contributed by atoms with Crippen molar-refractivity contribution in [3.8, 4) is 0 Å². The summed E-state index contributed by atoms with van der Waals surface area (Å²) in [4.78, 5) is 4.22. The lowest BCUT2D eigenvalue weighted by Gasteiger charge is -2.21. The van der Waals surface area contributed by atoms with Gasteiger partial charge in [0, 0.05) is 40.1 Å². The first kappa shape index (κ1) is 15.6. The van der Waals surface area contributed by atoms with Crippen molar-refractivity contribution in [2.75, 3.05) is 28.2 Å². The third-order valence-electron chi connectivity index (χ3n) is 2.35. The van der Waals surface area contributed by atoms with Gasteiger partial charge in [0.15, 0.2) is 0 Å². The highest BCUT2D eigenvalue weighted by atomic mass is 15.1. The number of unbranched alkanes of at least 4 members (excludes halogenated alkanes) is 1. The zero-order valence-electron chi connectivity index (χ0n) is 11.7. The lowest BCUT2D eigenvalue weighted by Crippen LogP contribution is -2.15. The SMILES string of the molecule is C=C/C=C(\C(=C/N(C)C)CCCC=C)N(C)C. The molecule has 0 unspecified atom stereocenters. The van der Waals surface area contributed by atoms with Gasteiger partial charge >= 0.3 is 0 Å². The van der Waals surface area contributed by atoms with Crippen molar-refractivity contribution in [1.29, 1.82) is 0 Å². The van der Waals surface area contributed by atoms with Crippen molar-refractivity contribution in [2.45, 2.75) is 19.3 Å².